The quantitative estimate of drug-likeness (QED) is 0.634. The van der Waals surface area contributed by atoms with Crippen LogP contribution in [0, 0.1) is 6.92 Å². The van der Waals surface area contributed by atoms with Gasteiger partial charge in [0.2, 0.25) is 11.8 Å². The molecule has 2 unspecified atom stereocenters. The minimum atomic E-state index is -0.863. The summed E-state index contributed by atoms with van der Waals surface area (Å²) in [5, 5.41) is 5.52. The maximum atomic E-state index is 13.1. The Morgan fingerprint density at radius 3 is 2.58 bits per heavy atom. The van der Waals surface area contributed by atoms with Gasteiger partial charge in [-0.2, -0.15) is 0 Å². The van der Waals surface area contributed by atoms with Crippen molar-refractivity contribution in [3.05, 3.63) is 65.2 Å². The molecule has 0 saturated carbocycles. The molecule has 0 bridgehead atoms. The molecule has 2 N–H and O–H groups in total. The second kappa shape index (κ2) is 10.1. The largest absolute Gasteiger partial charge is 0.438 e. The van der Waals surface area contributed by atoms with Crippen LogP contribution in [0.25, 0.3) is 0 Å². The van der Waals surface area contributed by atoms with Gasteiger partial charge in [-0.15, -0.1) is 0 Å². The molecule has 1 aliphatic rings. The Bertz CT molecular complexity index is 944. The van der Waals surface area contributed by atoms with Gasteiger partial charge < -0.3 is 20.1 Å². The van der Waals surface area contributed by atoms with Crippen molar-refractivity contribution in [2.45, 2.75) is 32.5 Å². The normalized spacial score (nSPS) is 17.9. The van der Waals surface area contributed by atoms with Gasteiger partial charge in [0.15, 0.2) is 12.1 Å². The minimum absolute atomic E-state index is 0.213. The van der Waals surface area contributed by atoms with E-state index in [1.165, 1.54) is 11.8 Å². The van der Waals surface area contributed by atoms with Crippen molar-refractivity contribution in [1.82, 2.24) is 10.2 Å². The monoisotopic (exact) mass is 425 g/mol. The summed E-state index contributed by atoms with van der Waals surface area (Å²) in [5.74, 6) is -0.541. The summed E-state index contributed by atoms with van der Waals surface area (Å²) in [6, 6.07) is 13.9. The molecule has 2 aromatic rings. The number of hydrogen-bond donors (Lipinski definition) is 2. The molecule has 3 rings (SSSR count). The molecule has 0 aliphatic carbocycles. The Kier molecular flexibility index (Phi) is 7.25. The molecular weight excluding hydrogens is 398 g/mol. The number of ether oxygens (including phenoxy) is 2. The summed E-state index contributed by atoms with van der Waals surface area (Å²) in [5.41, 5.74) is 3.19. The van der Waals surface area contributed by atoms with Crippen LogP contribution in [0.1, 0.15) is 29.7 Å². The summed E-state index contributed by atoms with van der Waals surface area (Å²) in [6.07, 6.45) is -1.38. The van der Waals surface area contributed by atoms with Gasteiger partial charge in [-0.3, -0.25) is 14.5 Å². The van der Waals surface area contributed by atoms with Gasteiger partial charge in [-0.05, 0) is 30.2 Å². The maximum absolute atomic E-state index is 13.1. The molecule has 3 amide bonds. The molecule has 31 heavy (non-hydrogen) atoms. The molecule has 1 heterocycles. The van der Waals surface area contributed by atoms with Crippen molar-refractivity contribution in [2.75, 3.05) is 25.6 Å². The zero-order valence-corrected chi connectivity index (χ0v) is 17.9. The van der Waals surface area contributed by atoms with E-state index in [9.17, 15) is 14.4 Å². The molecular formula is C23H27N3O5. The lowest BCUT2D eigenvalue weighted by molar-refractivity contribution is -0.126. The number of hydrogen-bond acceptors (Lipinski definition) is 5. The van der Waals surface area contributed by atoms with Crippen LogP contribution in [-0.2, 0) is 25.6 Å². The number of carbonyl (C=O) groups excluding carboxylic acids is 3. The Morgan fingerprint density at radius 1 is 1.16 bits per heavy atom. The van der Waals surface area contributed by atoms with Crippen LogP contribution >= 0.6 is 0 Å². The standard InChI is InChI=1S/C23H27N3O5/c1-15-7-9-17(10-8-15)14-26-20(22(28)24-11-12-30-3)21(31-23(26)29)18-5-4-6-19(13-18)25-16(2)27/h4-10,13,20-21H,11-12,14H2,1-3H3,(H,24,28)(H,25,27). The zero-order valence-electron chi connectivity index (χ0n) is 17.9. The van der Waals surface area contributed by atoms with E-state index < -0.39 is 18.2 Å². The number of carbonyl (C=O) groups is 3. The highest BCUT2D eigenvalue weighted by atomic mass is 16.6. The van der Waals surface area contributed by atoms with E-state index in [0.29, 0.717) is 24.4 Å². The average Bonchev–Trinajstić information content (AvgIpc) is 3.06. The lowest BCUT2D eigenvalue weighted by Crippen LogP contribution is -2.47. The van der Waals surface area contributed by atoms with E-state index in [-0.39, 0.29) is 18.4 Å². The fourth-order valence-electron chi connectivity index (χ4n) is 3.48. The van der Waals surface area contributed by atoms with Crippen molar-refractivity contribution in [2.24, 2.45) is 0 Å². The van der Waals surface area contributed by atoms with Gasteiger partial charge in [0.05, 0.1) is 13.2 Å². The number of benzene rings is 2. The van der Waals surface area contributed by atoms with Crippen LogP contribution in [0.3, 0.4) is 0 Å². The predicted octanol–water partition coefficient (Wildman–Crippen LogP) is 2.78. The third-order valence-electron chi connectivity index (χ3n) is 4.97. The molecule has 1 aliphatic heterocycles. The number of amides is 3. The van der Waals surface area contributed by atoms with Crippen LogP contribution in [-0.4, -0.2) is 49.1 Å². The fraction of sp³-hybridized carbons (Fsp3) is 0.348. The maximum Gasteiger partial charge on any atom is 0.411 e. The lowest BCUT2D eigenvalue weighted by atomic mass is 10.00. The first kappa shape index (κ1) is 22.3. The molecule has 0 spiro atoms. The number of nitrogens with one attached hydrogen (secondary N) is 2. The number of rotatable bonds is 8. The molecule has 8 heteroatoms. The third-order valence-corrected chi connectivity index (χ3v) is 4.97. The summed E-state index contributed by atoms with van der Waals surface area (Å²) in [7, 11) is 1.55. The average molecular weight is 425 g/mol. The highest BCUT2D eigenvalue weighted by Gasteiger charge is 2.46. The molecule has 0 radical (unpaired) electrons. The van der Waals surface area contributed by atoms with Crippen molar-refractivity contribution in [1.29, 1.82) is 0 Å². The van der Waals surface area contributed by atoms with Gasteiger partial charge in [-0.25, -0.2) is 4.79 Å². The van der Waals surface area contributed by atoms with Gasteiger partial charge >= 0.3 is 6.09 Å². The zero-order chi connectivity index (χ0) is 22.4. The molecule has 1 fully saturated rings. The molecule has 8 nitrogen and oxygen atoms in total. The minimum Gasteiger partial charge on any atom is -0.438 e. The highest BCUT2D eigenvalue weighted by molar-refractivity contribution is 5.90. The van der Waals surface area contributed by atoms with E-state index in [0.717, 1.165) is 11.1 Å². The van der Waals surface area contributed by atoms with Crippen molar-refractivity contribution < 1.29 is 23.9 Å². The molecule has 0 aromatic heterocycles. The molecule has 164 valence electrons. The van der Waals surface area contributed by atoms with E-state index in [4.69, 9.17) is 9.47 Å². The first-order valence-corrected chi connectivity index (χ1v) is 10.1. The Morgan fingerprint density at radius 2 is 1.90 bits per heavy atom. The third kappa shape index (κ3) is 5.61. The Labute approximate surface area is 181 Å². The van der Waals surface area contributed by atoms with Crippen molar-refractivity contribution in [3.63, 3.8) is 0 Å². The summed E-state index contributed by atoms with van der Waals surface area (Å²) in [4.78, 5) is 38.7. The number of nitrogens with zero attached hydrogens (tertiary/aromatic N) is 1. The number of anilines is 1. The van der Waals surface area contributed by atoms with E-state index in [1.807, 2.05) is 31.2 Å². The van der Waals surface area contributed by atoms with Crippen LogP contribution in [0.2, 0.25) is 0 Å². The smallest absolute Gasteiger partial charge is 0.411 e. The fourth-order valence-corrected chi connectivity index (χ4v) is 3.48. The van der Waals surface area contributed by atoms with Crippen LogP contribution < -0.4 is 10.6 Å². The van der Waals surface area contributed by atoms with Gasteiger partial charge in [-0.1, -0.05) is 42.0 Å². The van der Waals surface area contributed by atoms with Gasteiger partial charge in [0, 0.05) is 26.3 Å². The Balaban J connectivity index is 1.90. The van der Waals surface area contributed by atoms with E-state index in [1.54, 1.807) is 31.4 Å². The summed E-state index contributed by atoms with van der Waals surface area (Å²) < 4.78 is 10.6. The van der Waals surface area contributed by atoms with E-state index in [2.05, 4.69) is 10.6 Å². The molecule has 1 saturated heterocycles. The number of methoxy groups -OCH3 is 1. The second-order valence-corrected chi connectivity index (χ2v) is 7.45. The molecule has 2 atom stereocenters. The first-order chi connectivity index (χ1) is 14.9. The lowest BCUT2D eigenvalue weighted by Gasteiger charge is -2.24. The first-order valence-electron chi connectivity index (χ1n) is 10.1. The van der Waals surface area contributed by atoms with Crippen molar-refractivity contribution in [3.8, 4) is 0 Å². The van der Waals surface area contributed by atoms with Crippen molar-refractivity contribution >= 4 is 23.6 Å². The van der Waals surface area contributed by atoms with Gasteiger partial charge in [0.1, 0.15) is 0 Å². The Hall–Kier alpha value is -3.39. The van der Waals surface area contributed by atoms with Gasteiger partial charge in [0.25, 0.3) is 0 Å². The SMILES string of the molecule is COCCNC(=O)C1C(c2cccc(NC(C)=O)c2)OC(=O)N1Cc1ccc(C)cc1. The van der Waals surface area contributed by atoms with Crippen LogP contribution in [0.4, 0.5) is 10.5 Å². The van der Waals surface area contributed by atoms with Crippen LogP contribution in [0.5, 0.6) is 0 Å². The second-order valence-electron chi connectivity index (χ2n) is 7.45. The predicted molar refractivity (Wildman–Crippen MR) is 115 cm³/mol. The highest BCUT2D eigenvalue weighted by Crippen LogP contribution is 2.35. The van der Waals surface area contributed by atoms with E-state index >= 15 is 0 Å². The summed E-state index contributed by atoms with van der Waals surface area (Å²) in [6.45, 7) is 4.31. The topological polar surface area (TPSA) is 97.0 Å². The number of cyclic esters (lactones) is 1. The number of aryl methyl sites for hydroxylation is 1. The molecule has 2 aromatic carbocycles. The van der Waals surface area contributed by atoms with Crippen LogP contribution in [0.15, 0.2) is 48.5 Å². The summed E-state index contributed by atoms with van der Waals surface area (Å²) >= 11 is 0.